The van der Waals surface area contributed by atoms with E-state index in [1.165, 1.54) is 0 Å². The van der Waals surface area contributed by atoms with Crippen molar-refractivity contribution in [2.45, 2.75) is 13.8 Å². The van der Waals surface area contributed by atoms with Crippen molar-refractivity contribution in [2.24, 2.45) is 0 Å². The van der Waals surface area contributed by atoms with Crippen molar-refractivity contribution in [3.05, 3.63) is 150 Å². The van der Waals surface area contributed by atoms with Gasteiger partial charge in [-0.3, -0.25) is 0 Å². The molecule has 0 aliphatic rings. The Labute approximate surface area is 262 Å². The van der Waals surface area contributed by atoms with E-state index in [9.17, 15) is 14.4 Å². The van der Waals surface area contributed by atoms with Crippen molar-refractivity contribution >= 4 is 17.9 Å². The van der Waals surface area contributed by atoms with Gasteiger partial charge in [-0.25, -0.2) is 14.4 Å². The molecule has 0 saturated carbocycles. The Kier molecular flexibility index (Phi) is 10.3. The molecule has 6 nitrogen and oxygen atoms in total. The molecule has 45 heavy (non-hydrogen) atoms. The van der Waals surface area contributed by atoms with Crippen LogP contribution in [0.2, 0.25) is 0 Å². The molecule has 4 aromatic carbocycles. The Bertz CT molecular complexity index is 1920. The lowest BCUT2D eigenvalue weighted by Gasteiger charge is -2.06. The largest absolute Gasteiger partial charge is 0.423 e. The first-order valence-electron chi connectivity index (χ1n) is 13.7. The van der Waals surface area contributed by atoms with Crippen LogP contribution in [0.1, 0.15) is 36.1 Å². The van der Waals surface area contributed by atoms with Crippen molar-refractivity contribution in [3.63, 3.8) is 0 Å². The minimum Gasteiger partial charge on any atom is -0.423 e. The summed E-state index contributed by atoms with van der Waals surface area (Å²) in [6, 6.07) is 26.7. The summed E-state index contributed by atoms with van der Waals surface area (Å²) in [6.45, 7) is 13.8. The van der Waals surface area contributed by atoms with Gasteiger partial charge in [0.2, 0.25) is 0 Å². The van der Waals surface area contributed by atoms with Crippen molar-refractivity contribution in [3.8, 4) is 52.1 Å². The zero-order chi connectivity index (χ0) is 32.3. The summed E-state index contributed by atoms with van der Waals surface area (Å²) in [7, 11) is 0. The van der Waals surface area contributed by atoms with E-state index in [-0.39, 0.29) is 5.75 Å². The maximum Gasteiger partial charge on any atom is 0.338 e. The van der Waals surface area contributed by atoms with E-state index in [2.05, 4.69) is 43.4 Å². The number of carbonyl (C=O) groups is 3. The van der Waals surface area contributed by atoms with Crippen LogP contribution in [0.15, 0.2) is 128 Å². The van der Waals surface area contributed by atoms with Crippen molar-refractivity contribution in [2.75, 3.05) is 0 Å². The number of hydrogen-bond donors (Lipinski definition) is 0. The minimum absolute atomic E-state index is 0.255. The molecule has 0 atom stereocenters. The summed E-state index contributed by atoms with van der Waals surface area (Å²) in [4.78, 5) is 35.4. The summed E-state index contributed by atoms with van der Waals surface area (Å²) in [5.74, 6) is 11.8. The first kappa shape index (κ1) is 31.6. The van der Waals surface area contributed by atoms with Gasteiger partial charge in [-0.2, -0.15) is 0 Å². The summed E-state index contributed by atoms with van der Waals surface area (Å²) < 4.78 is 15.9. The zero-order valence-corrected chi connectivity index (χ0v) is 24.8. The third-order valence-electron chi connectivity index (χ3n) is 6.10. The number of rotatable bonds is 7. The Morgan fingerprint density at radius 3 is 1.51 bits per heavy atom. The van der Waals surface area contributed by atoms with E-state index in [0.717, 1.165) is 22.8 Å². The van der Waals surface area contributed by atoms with E-state index in [1.54, 1.807) is 68.4 Å². The van der Waals surface area contributed by atoms with Gasteiger partial charge < -0.3 is 14.2 Å². The Morgan fingerprint density at radius 2 is 1.00 bits per heavy atom. The molecule has 4 rings (SSSR count). The molecule has 0 heterocycles. The SMILES string of the molecule is C=CC(=O)Oc1cc(C#Cc2ccc(OC(=O)C(=C)C)cc2)ccc1C#Cc1ccc(-c2ccc(OC(=O)C(=C)C)cc2)cc1. The molecule has 0 N–H and O–H groups in total. The van der Waals surface area contributed by atoms with Gasteiger partial charge in [-0.05, 0) is 91.7 Å². The lowest BCUT2D eigenvalue weighted by molar-refractivity contribution is -0.130. The van der Waals surface area contributed by atoms with Gasteiger partial charge in [0.15, 0.2) is 0 Å². The molecule has 0 aliphatic heterocycles. The highest BCUT2D eigenvalue weighted by Crippen LogP contribution is 2.24. The van der Waals surface area contributed by atoms with E-state index < -0.39 is 17.9 Å². The Balaban J connectivity index is 1.50. The molecule has 0 aliphatic carbocycles. The molecule has 0 unspecified atom stereocenters. The van der Waals surface area contributed by atoms with Crippen molar-refractivity contribution in [1.82, 2.24) is 0 Å². The highest BCUT2D eigenvalue weighted by molar-refractivity contribution is 5.89. The molecular weight excluding hydrogens is 564 g/mol. The summed E-state index contributed by atoms with van der Waals surface area (Å²) >= 11 is 0. The molecule has 6 heteroatoms. The Hall–Kier alpha value is -6.37. The van der Waals surface area contributed by atoms with E-state index >= 15 is 0 Å². The molecule has 0 radical (unpaired) electrons. The molecule has 0 amide bonds. The van der Waals surface area contributed by atoms with Crippen LogP contribution in [0.3, 0.4) is 0 Å². The van der Waals surface area contributed by atoms with Gasteiger partial charge >= 0.3 is 17.9 Å². The normalized spacial score (nSPS) is 9.73. The van der Waals surface area contributed by atoms with Gasteiger partial charge in [-0.1, -0.05) is 67.7 Å². The maximum absolute atomic E-state index is 12.0. The Morgan fingerprint density at radius 1 is 0.578 bits per heavy atom. The van der Waals surface area contributed by atoms with Crippen LogP contribution in [0.5, 0.6) is 17.2 Å². The summed E-state index contributed by atoms with van der Waals surface area (Å²) in [6.07, 6.45) is 1.08. The average molecular weight is 593 g/mol. The third-order valence-corrected chi connectivity index (χ3v) is 6.10. The predicted molar refractivity (Wildman–Crippen MR) is 173 cm³/mol. The lowest BCUT2D eigenvalue weighted by Crippen LogP contribution is -2.07. The highest BCUT2D eigenvalue weighted by Gasteiger charge is 2.08. The van der Waals surface area contributed by atoms with Crippen LogP contribution in [-0.4, -0.2) is 17.9 Å². The topological polar surface area (TPSA) is 78.9 Å². The summed E-state index contributed by atoms with van der Waals surface area (Å²) in [5.41, 5.74) is 5.11. The van der Waals surface area contributed by atoms with Gasteiger partial charge in [0, 0.05) is 33.9 Å². The van der Waals surface area contributed by atoms with E-state index in [1.807, 2.05) is 36.4 Å². The fourth-order valence-electron chi connectivity index (χ4n) is 3.68. The maximum atomic E-state index is 12.0. The smallest absolute Gasteiger partial charge is 0.338 e. The van der Waals surface area contributed by atoms with Crippen LogP contribution in [0.4, 0.5) is 0 Å². The quantitative estimate of drug-likeness (QED) is 0.0977. The van der Waals surface area contributed by atoms with Crippen LogP contribution >= 0.6 is 0 Å². The second kappa shape index (κ2) is 14.7. The third kappa shape index (κ3) is 9.06. The first-order chi connectivity index (χ1) is 21.6. The number of hydrogen-bond acceptors (Lipinski definition) is 6. The molecular formula is C39H28O6. The molecule has 0 bridgehead atoms. The minimum atomic E-state index is -0.618. The van der Waals surface area contributed by atoms with E-state index in [0.29, 0.717) is 39.3 Å². The highest BCUT2D eigenvalue weighted by atomic mass is 16.5. The first-order valence-corrected chi connectivity index (χ1v) is 13.7. The molecule has 220 valence electrons. The van der Waals surface area contributed by atoms with Gasteiger partial charge in [0.05, 0.1) is 5.56 Å². The van der Waals surface area contributed by atoms with Crippen LogP contribution in [-0.2, 0) is 14.4 Å². The molecule has 4 aromatic rings. The second-order valence-corrected chi connectivity index (χ2v) is 9.80. The van der Waals surface area contributed by atoms with Crippen LogP contribution in [0.25, 0.3) is 11.1 Å². The van der Waals surface area contributed by atoms with Crippen molar-refractivity contribution in [1.29, 1.82) is 0 Å². The van der Waals surface area contributed by atoms with Gasteiger partial charge in [0.1, 0.15) is 17.2 Å². The molecule has 0 spiro atoms. The summed E-state index contributed by atoms with van der Waals surface area (Å²) in [5, 5.41) is 0. The average Bonchev–Trinajstić information content (AvgIpc) is 3.04. The fourth-order valence-corrected chi connectivity index (χ4v) is 3.68. The number of ether oxygens (including phenoxy) is 3. The van der Waals surface area contributed by atoms with Crippen LogP contribution < -0.4 is 14.2 Å². The molecule has 0 aromatic heterocycles. The monoisotopic (exact) mass is 592 g/mol. The van der Waals surface area contributed by atoms with Crippen LogP contribution in [0, 0.1) is 23.7 Å². The zero-order valence-electron chi connectivity index (χ0n) is 24.8. The van der Waals surface area contributed by atoms with Crippen molar-refractivity contribution < 1.29 is 28.6 Å². The lowest BCUT2D eigenvalue weighted by atomic mass is 10.0. The number of esters is 3. The molecule has 0 fully saturated rings. The second-order valence-electron chi connectivity index (χ2n) is 9.80. The number of carbonyl (C=O) groups excluding carboxylic acids is 3. The predicted octanol–water partition coefficient (Wildman–Crippen LogP) is 7.21. The molecule has 0 saturated heterocycles. The van der Waals surface area contributed by atoms with Gasteiger partial charge in [0.25, 0.3) is 0 Å². The fraction of sp³-hybridized carbons (Fsp3) is 0.0513. The van der Waals surface area contributed by atoms with E-state index in [4.69, 9.17) is 14.2 Å². The standard InChI is InChI=1S/C39H28O6/c1-6-37(40)45-36-25-30(8-7-28-13-21-34(22-14-28)43-38(41)26(2)3)12-18-33(36)17-11-29-9-15-31(16-10-29)32-19-23-35(24-20-32)44-39(42)27(4)5/h6,9-10,12-16,18-25H,1-2,4H2,3,5H3. The number of benzene rings is 4. The van der Waals surface area contributed by atoms with Gasteiger partial charge in [-0.15, -0.1) is 0 Å².